The van der Waals surface area contributed by atoms with E-state index in [0.717, 1.165) is 12.3 Å². The number of hydrogen-bond acceptors (Lipinski definition) is 2. The number of rotatable bonds is 8. The summed E-state index contributed by atoms with van der Waals surface area (Å²) in [6, 6.07) is 1.02. The SMILES string of the molecule is CC(C)CCCC(C)N[C@H](C)CCO. The van der Waals surface area contributed by atoms with Crippen molar-refractivity contribution >= 4 is 0 Å². The molecule has 2 atom stereocenters. The Morgan fingerprint density at radius 2 is 1.50 bits per heavy atom. The highest BCUT2D eigenvalue weighted by molar-refractivity contribution is 4.67. The van der Waals surface area contributed by atoms with Crippen LogP contribution in [0.25, 0.3) is 0 Å². The molecule has 0 fully saturated rings. The highest BCUT2D eigenvalue weighted by Crippen LogP contribution is 2.08. The van der Waals surface area contributed by atoms with E-state index in [-0.39, 0.29) is 6.61 Å². The summed E-state index contributed by atoms with van der Waals surface area (Å²) in [5.74, 6) is 0.817. The molecule has 0 amide bonds. The lowest BCUT2D eigenvalue weighted by Gasteiger charge is -2.19. The Morgan fingerprint density at radius 1 is 0.929 bits per heavy atom. The van der Waals surface area contributed by atoms with Crippen molar-refractivity contribution in [2.24, 2.45) is 5.92 Å². The maximum atomic E-state index is 8.76. The molecule has 14 heavy (non-hydrogen) atoms. The molecular formula is C12H27NO. The molecule has 0 bridgehead atoms. The van der Waals surface area contributed by atoms with Crippen molar-refractivity contribution in [3.63, 3.8) is 0 Å². The van der Waals surface area contributed by atoms with Crippen LogP contribution in [0.1, 0.15) is 53.4 Å². The third-order valence-corrected chi connectivity index (χ3v) is 2.55. The quantitative estimate of drug-likeness (QED) is 0.632. The molecule has 0 saturated carbocycles. The zero-order chi connectivity index (χ0) is 11.0. The summed E-state index contributed by atoms with van der Waals surface area (Å²) in [5.41, 5.74) is 0. The molecule has 0 aliphatic carbocycles. The van der Waals surface area contributed by atoms with Crippen molar-refractivity contribution in [2.45, 2.75) is 65.5 Å². The highest BCUT2D eigenvalue weighted by Gasteiger charge is 2.06. The number of hydrogen-bond donors (Lipinski definition) is 2. The third-order valence-electron chi connectivity index (χ3n) is 2.55. The first-order chi connectivity index (χ1) is 6.56. The molecular weight excluding hydrogens is 174 g/mol. The van der Waals surface area contributed by atoms with Crippen molar-refractivity contribution in [1.29, 1.82) is 0 Å². The van der Waals surface area contributed by atoms with Crippen LogP contribution in [-0.2, 0) is 0 Å². The minimum Gasteiger partial charge on any atom is -0.396 e. The average molecular weight is 201 g/mol. The average Bonchev–Trinajstić information content (AvgIpc) is 2.03. The normalized spacial score (nSPS) is 15.9. The van der Waals surface area contributed by atoms with Crippen LogP contribution in [0, 0.1) is 5.92 Å². The molecule has 0 aliphatic rings. The Bertz CT molecular complexity index is 125. The largest absolute Gasteiger partial charge is 0.396 e. The first-order valence-electron chi connectivity index (χ1n) is 5.93. The Kier molecular flexibility index (Phi) is 8.20. The van der Waals surface area contributed by atoms with E-state index in [9.17, 15) is 0 Å². The van der Waals surface area contributed by atoms with Crippen molar-refractivity contribution in [3.8, 4) is 0 Å². The fraction of sp³-hybridized carbons (Fsp3) is 1.00. The Hall–Kier alpha value is -0.0800. The van der Waals surface area contributed by atoms with Crippen LogP contribution >= 0.6 is 0 Å². The second kappa shape index (κ2) is 8.25. The molecule has 0 aromatic carbocycles. The van der Waals surface area contributed by atoms with Crippen LogP contribution in [0.4, 0.5) is 0 Å². The van der Waals surface area contributed by atoms with Gasteiger partial charge in [0.2, 0.25) is 0 Å². The molecule has 2 nitrogen and oxygen atoms in total. The van der Waals surface area contributed by atoms with Gasteiger partial charge in [-0.05, 0) is 32.6 Å². The van der Waals surface area contributed by atoms with Crippen LogP contribution in [0.5, 0.6) is 0 Å². The van der Waals surface area contributed by atoms with Crippen molar-refractivity contribution in [1.82, 2.24) is 5.32 Å². The lowest BCUT2D eigenvalue weighted by atomic mass is 10.0. The van der Waals surface area contributed by atoms with Gasteiger partial charge in [0.1, 0.15) is 0 Å². The van der Waals surface area contributed by atoms with Gasteiger partial charge >= 0.3 is 0 Å². The minimum absolute atomic E-state index is 0.285. The molecule has 0 aromatic heterocycles. The maximum Gasteiger partial charge on any atom is 0.0445 e. The Balaban J connectivity index is 3.39. The van der Waals surface area contributed by atoms with Gasteiger partial charge in [-0.2, -0.15) is 0 Å². The molecule has 0 spiro atoms. The van der Waals surface area contributed by atoms with Crippen molar-refractivity contribution < 1.29 is 5.11 Å². The zero-order valence-corrected chi connectivity index (χ0v) is 10.2. The van der Waals surface area contributed by atoms with Gasteiger partial charge in [-0.25, -0.2) is 0 Å². The summed E-state index contributed by atoms with van der Waals surface area (Å²) in [6.07, 6.45) is 4.72. The Morgan fingerprint density at radius 3 is 2.00 bits per heavy atom. The molecule has 0 aromatic rings. The second-order valence-electron chi connectivity index (χ2n) is 4.81. The van der Waals surface area contributed by atoms with Crippen LogP contribution in [0.2, 0.25) is 0 Å². The van der Waals surface area contributed by atoms with Crippen LogP contribution in [0.3, 0.4) is 0 Å². The van der Waals surface area contributed by atoms with Gasteiger partial charge in [-0.1, -0.05) is 26.7 Å². The highest BCUT2D eigenvalue weighted by atomic mass is 16.3. The molecule has 0 aliphatic heterocycles. The molecule has 0 radical (unpaired) electrons. The van der Waals surface area contributed by atoms with Gasteiger partial charge in [0.15, 0.2) is 0 Å². The summed E-state index contributed by atoms with van der Waals surface area (Å²) in [7, 11) is 0. The smallest absolute Gasteiger partial charge is 0.0445 e. The number of nitrogens with one attached hydrogen (secondary N) is 1. The van der Waals surface area contributed by atoms with E-state index in [0.29, 0.717) is 12.1 Å². The van der Waals surface area contributed by atoms with Crippen LogP contribution < -0.4 is 5.32 Å². The van der Waals surface area contributed by atoms with Gasteiger partial charge in [-0.15, -0.1) is 0 Å². The predicted molar refractivity (Wildman–Crippen MR) is 62.5 cm³/mol. The van der Waals surface area contributed by atoms with Crippen molar-refractivity contribution in [2.75, 3.05) is 6.61 Å². The van der Waals surface area contributed by atoms with E-state index in [1.165, 1.54) is 19.3 Å². The fourth-order valence-corrected chi connectivity index (χ4v) is 1.68. The third kappa shape index (κ3) is 8.52. The van der Waals surface area contributed by atoms with Gasteiger partial charge < -0.3 is 10.4 Å². The predicted octanol–water partition coefficient (Wildman–Crippen LogP) is 2.56. The second-order valence-corrected chi connectivity index (χ2v) is 4.81. The molecule has 2 N–H and O–H groups in total. The van der Waals surface area contributed by atoms with E-state index in [2.05, 4.69) is 33.0 Å². The summed E-state index contributed by atoms with van der Waals surface area (Å²) < 4.78 is 0. The summed E-state index contributed by atoms with van der Waals surface area (Å²) >= 11 is 0. The summed E-state index contributed by atoms with van der Waals surface area (Å²) in [4.78, 5) is 0. The summed E-state index contributed by atoms with van der Waals surface area (Å²) in [5, 5.41) is 12.3. The lowest BCUT2D eigenvalue weighted by molar-refractivity contribution is 0.262. The van der Waals surface area contributed by atoms with Gasteiger partial charge in [-0.3, -0.25) is 0 Å². The number of aliphatic hydroxyl groups excluding tert-OH is 1. The zero-order valence-electron chi connectivity index (χ0n) is 10.2. The number of aliphatic hydroxyl groups is 1. The Labute approximate surface area is 89.1 Å². The first kappa shape index (κ1) is 13.9. The van der Waals surface area contributed by atoms with Gasteiger partial charge in [0.25, 0.3) is 0 Å². The first-order valence-corrected chi connectivity index (χ1v) is 5.93. The van der Waals surface area contributed by atoms with E-state index >= 15 is 0 Å². The standard InChI is InChI=1S/C12H27NO/c1-10(2)6-5-7-11(3)13-12(4)8-9-14/h10-14H,5-9H2,1-4H3/t11?,12-/m1/s1. The van der Waals surface area contributed by atoms with E-state index < -0.39 is 0 Å². The molecule has 1 unspecified atom stereocenters. The van der Waals surface area contributed by atoms with E-state index in [1.807, 2.05) is 0 Å². The lowest BCUT2D eigenvalue weighted by Crippen LogP contribution is -2.35. The minimum atomic E-state index is 0.285. The maximum absolute atomic E-state index is 8.76. The molecule has 0 heterocycles. The molecule has 86 valence electrons. The molecule has 2 heteroatoms. The summed E-state index contributed by atoms with van der Waals surface area (Å²) in [6.45, 7) is 9.19. The van der Waals surface area contributed by atoms with Gasteiger partial charge in [0.05, 0.1) is 0 Å². The van der Waals surface area contributed by atoms with Crippen molar-refractivity contribution in [3.05, 3.63) is 0 Å². The topological polar surface area (TPSA) is 32.3 Å². The van der Waals surface area contributed by atoms with E-state index in [1.54, 1.807) is 0 Å². The van der Waals surface area contributed by atoms with Gasteiger partial charge in [0, 0.05) is 18.7 Å². The van der Waals surface area contributed by atoms with Crippen LogP contribution in [0.15, 0.2) is 0 Å². The molecule has 0 saturated heterocycles. The van der Waals surface area contributed by atoms with Crippen LogP contribution in [-0.4, -0.2) is 23.8 Å². The monoisotopic (exact) mass is 201 g/mol. The fourth-order valence-electron chi connectivity index (χ4n) is 1.68. The van der Waals surface area contributed by atoms with E-state index in [4.69, 9.17) is 5.11 Å². The molecule has 0 rings (SSSR count).